The molecule has 0 heterocycles. The summed E-state index contributed by atoms with van der Waals surface area (Å²) in [4.78, 5) is 0. The summed E-state index contributed by atoms with van der Waals surface area (Å²) in [6.45, 7) is 27.6. The van der Waals surface area contributed by atoms with Crippen molar-refractivity contribution in [3.8, 4) is 0 Å². The Morgan fingerprint density at radius 3 is 1.06 bits per heavy atom. The fourth-order valence-electron chi connectivity index (χ4n) is 4.91. The Labute approximate surface area is 224 Å². The van der Waals surface area contributed by atoms with Gasteiger partial charge in [0.1, 0.15) is 0 Å². The van der Waals surface area contributed by atoms with E-state index in [1.807, 2.05) is 12.2 Å². The zero-order chi connectivity index (χ0) is 25.9. The largest absolute Gasteiger partial charge is 0.304 e. The normalized spacial score (nSPS) is 11.4. The number of nitrogens with one attached hydrogen (secondary N) is 2. The molecule has 2 aromatic carbocycles. The molecule has 0 atom stereocenters. The Bertz CT molecular complexity index is 969. The zero-order valence-electron chi connectivity index (χ0n) is 23.1. The van der Waals surface area contributed by atoms with E-state index in [-0.39, 0.29) is 46.1 Å². The Morgan fingerprint density at radius 1 is 0.629 bits per heavy atom. The molecule has 0 aliphatic rings. The zero-order valence-corrected chi connectivity index (χ0v) is 24.1. The van der Waals surface area contributed by atoms with Crippen molar-refractivity contribution in [3.63, 3.8) is 0 Å². The van der Waals surface area contributed by atoms with Crippen molar-refractivity contribution in [2.45, 2.75) is 91.9 Å². The standard InChI is InChI=1S/C32H44N2.Ni/c1-12-23-14-25(18(3)4)29(26(15-23)19(5)6)31(32(34)22(11)33)30-27(20(7)8)16-24(13-2)17-28(30)21(9)10;/h12-21,31,33-34H,1-2H2,3-11H3;. The second kappa shape index (κ2) is 12.6. The second-order valence-corrected chi connectivity index (χ2v) is 10.7. The van der Waals surface area contributed by atoms with Crippen LogP contribution in [0.5, 0.6) is 0 Å². The van der Waals surface area contributed by atoms with E-state index < -0.39 is 0 Å². The third-order valence-corrected chi connectivity index (χ3v) is 6.76. The van der Waals surface area contributed by atoms with Gasteiger partial charge < -0.3 is 10.8 Å². The Morgan fingerprint density at radius 2 is 0.886 bits per heavy atom. The van der Waals surface area contributed by atoms with Crippen molar-refractivity contribution >= 4 is 23.6 Å². The van der Waals surface area contributed by atoms with Crippen molar-refractivity contribution < 1.29 is 16.5 Å². The minimum absolute atomic E-state index is 0. The first kappa shape index (κ1) is 30.8. The smallest absolute Gasteiger partial charge is 0.0637 e. The molecule has 0 fully saturated rings. The fraction of sp³-hybridized carbons (Fsp3) is 0.438. The summed E-state index contributed by atoms with van der Waals surface area (Å²) in [7, 11) is 0. The molecule has 2 rings (SSSR count). The van der Waals surface area contributed by atoms with Crippen LogP contribution in [0.25, 0.3) is 12.2 Å². The van der Waals surface area contributed by atoms with Crippen LogP contribution in [0, 0.1) is 10.8 Å². The predicted octanol–water partition coefficient (Wildman–Crippen LogP) is 9.66. The number of rotatable bonds is 10. The summed E-state index contributed by atoms with van der Waals surface area (Å²) >= 11 is 0. The minimum Gasteiger partial charge on any atom is -0.304 e. The molecule has 0 saturated heterocycles. The Kier molecular flexibility index (Phi) is 11.1. The van der Waals surface area contributed by atoms with Crippen LogP contribution in [0.15, 0.2) is 37.4 Å². The third kappa shape index (κ3) is 6.50. The molecule has 0 unspecified atom stereocenters. The van der Waals surface area contributed by atoms with Crippen LogP contribution in [0.1, 0.15) is 136 Å². The Hall–Kier alpha value is -2.25. The molecule has 0 spiro atoms. The summed E-state index contributed by atoms with van der Waals surface area (Å²) in [6, 6.07) is 8.95. The van der Waals surface area contributed by atoms with E-state index in [0.29, 0.717) is 11.4 Å². The van der Waals surface area contributed by atoms with Gasteiger partial charge in [0.25, 0.3) is 0 Å². The number of benzene rings is 2. The molecule has 2 N–H and O–H groups in total. The molecule has 35 heavy (non-hydrogen) atoms. The topological polar surface area (TPSA) is 47.7 Å². The van der Waals surface area contributed by atoms with Crippen molar-refractivity contribution in [1.82, 2.24) is 0 Å². The maximum absolute atomic E-state index is 9.26. The van der Waals surface area contributed by atoms with Gasteiger partial charge in [0.05, 0.1) is 11.6 Å². The van der Waals surface area contributed by atoms with Crippen LogP contribution in [0.4, 0.5) is 0 Å². The summed E-state index contributed by atoms with van der Waals surface area (Å²) < 4.78 is 0. The minimum atomic E-state index is -0.292. The van der Waals surface area contributed by atoms with Gasteiger partial charge in [-0.05, 0) is 75.1 Å². The summed E-state index contributed by atoms with van der Waals surface area (Å²) in [6.07, 6.45) is 3.84. The van der Waals surface area contributed by atoms with Crippen LogP contribution < -0.4 is 0 Å². The van der Waals surface area contributed by atoms with E-state index >= 15 is 0 Å². The van der Waals surface area contributed by atoms with Crippen LogP contribution in [0.3, 0.4) is 0 Å². The molecule has 0 aromatic heterocycles. The van der Waals surface area contributed by atoms with Gasteiger partial charge in [0.2, 0.25) is 0 Å². The number of hydrogen-bond acceptors (Lipinski definition) is 2. The quantitative estimate of drug-likeness (QED) is 0.234. The first-order valence-electron chi connectivity index (χ1n) is 12.6. The molecule has 0 amide bonds. The van der Waals surface area contributed by atoms with E-state index in [4.69, 9.17) is 5.41 Å². The summed E-state index contributed by atoms with van der Waals surface area (Å²) in [5, 5.41) is 17.8. The van der Waals surface area contributed by atoms with E-state index in [1.54, 1.807) is 6.92 Å². The summed E-state index contributed by atoms with van der Waals surface area (Å²) in [5.74, 6) is 0.842. The Balaban J connectivity index is 0.00000612. The fourth-order valence-corrected chi connectivity index (χ4v) is 4.91. The maximum atomic E-state index is 9.26. The molecular weight excluding hydrogens is 471 g/mol. The molecule has 0 bridgehead atoms. The van der Waals surface area contributed by atoms with Gasteiger partial charge in [0, 0.05) is 22.2 Å². The summed E-state index contributed by atoms with van der Waals surface area (Å²) in [5.41, 5.74) is 10.3. The molecular formula is C32H44N2Ni. The molecule has 0 radical (unpaired) electrons. The van der Waals surface area contributed by atoms with E-state index in [9.17, 15) is 5.41 Å². The van der Waals surface area contributed by atoms with E-state index in [2.05, 4.69) is 92.8 Å². The number of hydrogen-bond donors (Lipinski definition) is 2. The molecule has 0 aliphatic carbocycles. The molecule has 0 saturated carbocycles. The maximum Gasteiger partial charge on any atom is 0.0637 e. The van der Waals surface area contributed by atoms with Gasteiger partial charge in [-0.15, -0.1) is 0 Å². The van der Waals surface area contributed by atoms with Crippen molar-refractivity contribution in [3.05, 3.63) is 81.9 Å². The molecule has 192 valence electrons. The van der Waals surface area contributed by atoms with Crippen LogP contribution in [-0.4, -0.2) is 11.4 Å². The average Bonchev–Trinajstić information content (AvgIpc) is 2.77. The van der Waals surface area contributed by atoms with Crippen LogP contribution >= 0.6 is 0 Å². The molecule has 2 nitrogen and oxygen atoms in total. The monoisotopic (exact) mass is 514 g/mol. The third-order valence-electron chi connectivity index (χ3n) is 6.76. The van der Waals surface area contributed by atoms with Crippen molar-refractivity contribution in [2.75, 3.05) is 0 Å². The van der Waals surface area contributed by atoms with Gasteiger partial charge in [-0.3, -0.25) is 0 Å². The SMILES string of the molecule is C=Cc1cc(C(C)C)c(C(C(=N)C(C)=N)c2c(C(C)C)cc(C=C)cc2C(C)C)c(C(C)C)c1.[Ni]. The van der Waals surface area contributed by atoms with Crippen LogP contribution in [-0.2, 0) is 16.5 Å². The van der Waals surface area contributed by atoms with Crippen molar-refractivity contribution in [2.24, 2.45) is 0 Å². The van der Waals surface area contributed by atoms with Gasteiger partial charge in [-0.25, -0.2) is 0 Å². The molecule has 0 aliphatic heterocycles. The molecule has 2 aromatic rings. The second-order valence-electron chi connectivity index (χ2n) is 10.7. The first-order chi connectivity index (χ1) is 15.8. The van der Waals surface area contributed by atoms with Gasteiger partial charge in [0.15, 0.2) is 0 Å². The van der Waals surface area contributed by atoms with E-state index in [1.165, 1.54) is 33.4 Å². The van der Waals surface area contributed by atoms with E-state index in [0.717, 1.165) is 11.1 Å². The van der Waals surface area contributed by atoms with Gasteiger partial charge >= 0.3 is 0 Å². The van der Waals surface area contributed by atoms with Gasteiger partial charge in [-0.2, -0.15) is 0 Å². The van der Waals surface area contributed by atoms with Gasteiger partial charge in [-0.1, -0.05) is 105 Å². The average molecular weight is 515 g/mol. The van der Waals surface area contributed by atoms with Crippen molar-refractivity contribution in [1.29, 1.82) is 10.8 Å². The first-order valence-corrected chi connectivity index (χ1v) is 12.6. The predicted molar refractivity (Wildman–Crippen MR) is 152 cm³/mol. The van der Waals surface area contributed by atoms with Crippen LogP contribution in [0.2, 0.25) is 0 Å². The molecule has 3 heteroatoms.